The summed E-state index contributed by atoms with van der Waals surface area (Å²) in [5, 5.41) is 3.89. The number of hydrogen-bond acceptors (Lipinski definition) is 7. The van der Waals surface area contributed by atoms with Gasteiger partial charge in [-0.2, -0.15) is 0 Å². The first-order valence-electron chi connectivity index (χ1n) is 11.3. The highest BCUT2D eigenvalue weighted by atomic mass is 16.7. The molecule has 176 valence electrons. The maximum Gasteiger partial charge on any atom is 0.259 e. The van der Waals surface area contributed by atoms with Gasteiger partial charge in [0.25, 0.3) is 11.8 Å². The largest absolute Gasteiger partial charge is 0.454 e. The zero-order valence-electron chi connectivity index (χ0n) is 18.5. The molecule has 0 spiro atoms. The predicted octanol–water partition coefficient (Wildman–Crippen LogP) is 2.50. The van der Waals surface area contributed by atoms with Crippen LogP contribution in [0.3, 0.4) is 0 Å². The van der Waals surface area contributed by atoms with E-state index < -0.39 is 11.8 Å². The van der Waals surface area contributed by atoms with Crippen molar-refractivity contribution >= 4 is 44.8 Å². The fourth-order valence-electron chi connectivity index (χ4n) is 5.14. The van der Waals surface area contributed by atoms with Crippen LogP contribution in [0.15, 0.2) is 36.7 Å². The van der Waals surface area contributed by atoms with Gasteiger partial charge in [0.1, 0.15) is 0 Å². The van der Waals surface area contributed by atoms with Gasteiger partial charge >= 0.3 is 0 Å². The number of ether oxygens (including phenoxy) is 4. The Labute approximate surface area is 198 Å². The van der Waals surface area contributed by atoms with E-state index in [1.807, 2.05) is 35.0 Å². The average Bonchev–Trinajstić information content (AvgIpc) is 3.65. The number of carbonyl (C=O) groups excluding carboxylic acids is 2. The van der Waals surface area contributed by atoms with E-state index in [9.17, 15) is 9.59 Å². The molecule has 0 saturated heterocycles. The molecule has 0 saturated carbocycles. The lowest BCUT2D eigenvalue weighted by atomic mass is 9.95. The number of amides is 2. The van der Waals surface area contributed by atoms with Gasteiger partial charge in [-0.1, -0.05) is 0 Å². The second-order valence-corrected chi connectivity index (χ2v) is 8.53. The van der Waals surface area contributed by atoms with Gasteiger partial charge in [0.15, 0.2) is 23.0 Å². The Bertz CT molecular complexity index is 1610. The van der Waals surface area contributed by atoms with Crippen molar-refractivity contribution in [2.45, 2.75) is 13.0 Å². The number of fused-ring (bicyclic) bond motifs is 6. The summed E-state index contributed by atoms with van der Waals surface area (Å²) in [6, 6.07) is 7.45. The summed E-state index contributed by atoms with van der Waals surface area (Å²) < 4.78 is 24.7. The fourth-order valence-corrected chi connectivity index (χ4v) is 5.14. The van der Waals surface area contributed by atoms with Crippen LogP contribution in [0.25, 0.3) is 33.0 Å². The molecular formula is C25H20N4O6. The number of aryl methyl sites for hydroxylation is 1. The molecule has 10 heteroatoms. The third-order valence-electron chi connectivity index (χ3n) is 6.63. The van der Waals surface area contributed by atoms with Crippen LogP contribution in [-0.2, 0) is 16.1 Å². The molecule has 35 heavy (non-hydrogen) atoms. The van der Waals surface area contributed by atoms with Crippen molar-refractivity contribution in [2.75, 3.05) is 20.1 Å². The maximum absolute atomic E-state index is 13.3. The first kappa shape index (κ1) is 20.0. The van der Waals surface area contributed by atoms with E-state index in [4.69, 9.17) is 24.7 Å². The highest BCUT2D eigenvalue weighted by molar-refractivity contribution is 6.51. The van der Waals surface area contributed by atoms with Crippen LogP contribution >= 0.6 is 0 Å². The summed E-state index contributed by atoms with van der Waals surface area (Å²) in [4.78, 5) is 29.7. The number of imide groups is 1. The minimum Gasteiger partial charge on any atom is -0.454 e. The molecule has 10 nitrogen and oxygen atoms in total. The summed E-state index contributed by atoms with van der Waals surface area (Å²) in [5.74, 6) is 1.33. The van der Waals surface area contributed by atoms with Gasteiger partial charge in [0.05, 0.1) is 33.0 Å². The highest BCUT2D eigenvalue weighted by Crippen LogP contribution is 2.48. The average molecular weight is 472 g/mol. The van der Waals surface area contributed by atoms with Crippen LogP contribution in [0.5, 0.6) is 23.0 Å². The van der Waals surface area contributed by atoms with Gasteiger partial charge in [-0.05, 0) is 37.2 Å². The van der Waals surface area contributed by atoms with Gasteiger partial charge in [-0.15, -0.1) is 0 Å². The number of nitrogens with one attached hydrogen (secondary N) is 2. The molecule has 2 amide bonds. The molecule has 0 radical (unpaired) electrons. The van der Waals surface area contributed by atoms with Crippen molar-refractivity contribution in [2.24, 2.45) is 5.73 Å². The van der Waals surface area contributed by atoms with Crippen molar-refractivity contribution in [1.82, 2.24) is 14.9 Å². The second kappa shape index (κ2) is 7.28. The molecule has 3 aliphatic heterocycles. The standard InChI is InChI=1S/C25H20N4O6/c26-6-1-7-29-9-13(19-15(29)3-5-17-23(19)35-11-33-17)21-20(24(30)28-25(21)31)12-8-27-14-2-4-16-22(18(12)14)34-10-32-16/h2-5,8-9,27H,1,6-7,10-11,26H2,(H,28,30,31). The molecule has 4 N–H and O–H groups in total. The molecule has 0 fully saturated rings. The predicted molar refractivity (Wildman–Crippen MR) is 126 cm³/mol. The summed E-state index contributed by atoms with van der Waals surface area (Å²) in [5.41, 5.74) is 9.09. The highest BCUT2D eigenvalue weighted by Gasteiger charge is 2.37. The molecule has 2 aromatic heterocycles. The first-order chi connectivity index (χ1) is 17.2. The normalized spacial score (nSPS) is 16.3. The molecule has 3 aliphatic rings. The zero-order chi connectivity index (χ0) is 23.7. The van der Waals surface area contributed by atoms with E-state index in [-0.39, 0.29) is 24.7 Å². The second-order valence-electron chi connectivity index (χ2n) is 8.53. The molecule has 7 rings (SSSR count). The summed E-state index contributed by atoms with van der Waals surface area (Å²) in [6.45, 7) is 1.35. The third-order valence-corrected chi connectivity index (χ3v) is 6.63. The van der Waals surface area contributed by atoms with Crippen molar-refractivity contribution in [3.63, 3.8) is 0 Å². The van der Waals surface area contributed by atoms with Gasteiger partial charge in [0.2, 0.25) is 13.6 Å². The van der Waals surface area contributed by atoms with E-state index in [1.54, 1.807) is 6.20 Å². The van der Waals surface area contributed by atoms with Crippen molar-refractivity contribution in [1.29, 1.82) is 0 Å². The van der Waals surface area contributed by atoms with Crippen LogP contribution in [0.1, 0.15) is 17.5 Å². The summed E-state index contributed by atoms with van der Waals surface area (Å²) >= 11 is 0. The Morgan fingerprint density at radius 1 is 0.857 bits per heavy atom. The minimum atomic E-state index is -0.477. The molecule has 0 aliphatic carbocycles. The van der Waals surface area contributed by atoms with Crippen molar-refractivity contribution < 1.29 is 28.5 Å². The Morgan fingerprint density at radius 2 is 1.54 bits per heavy atom. The zero-order valence-corrected chi connectivity index (χ0v) is 18.5. The molecule has 0 atom stereocenters. The number of hydrogen-bond donors (Lipinski definition) is 3. The number of aromatic amines is 1. The number of H-pyrrole nitrogens is 1. The van der Waals surface area contributed by atoms with Gasteiger partial charge in [-0.3, -0.25) is 14.9 Å². The van der Waals surface area contributed by atoms with E-state index in [2.05, 4.69) is 10.3 Å². The van der Waals surface area contributed by atoms with E-state index >= 15 is 0 Å². The van der Waals surface area contributed by atoms with E-state index in [0.29, 0.717) is 52.6 Å². The van der Waals surface area contributed by atoms with Crippen molar-refractivity contribution in [3.8, 4) is 23.0 Å². The molecule has 4 aromatic rings. The maximum atomic E-state index is 13.3. The number of benzene rings is 2. The Balaban J connectivity index is 1.54. The number of nitrogens with two attached hydrogens (primary N) is 1. The number of rotatable bonds is 5. The third kappa shape index (κ3) is 2.74. The molecular weight excluding hydrogens is 452 g/mol. The van der Waals surface area contributed by atoms with Crippen LogP contribution in [0, 0.1) is 0 Å². The number of carbonyl (C=O) groups is 2. The SMILES string of the molecule is NCCCn1cc(C2=C(c3c[nH]c4ccc5c(c34)OCO5)C(=O)NC2=O)c2c3c(ccc21)OCO3. The lowest BCUT2D eigenvalue weighted by Crippen LogP contribution is -2.22. The Kier molecular flexibility index (Phi) is 4.15. The topological polar surface area (TPSA) is 130 Å². The minimum absolute atomic E-state index is 0.0881. The van der Waals surface area contributed by atoms with Gasteiger partial charge < -0.3 is 34.2 Å². The van der Waals surface area contributed by atoms with E-state index in [0.717, 1.165) is 22.8 Å². The molecule has 2 aromatic carbocycles. The Morgan fingerprint density at radius 3 is 2.29 bits per heavy atom. The van der Waals surface area contributed by atoms with Crippen LogP contribution in [0.4, 0.5) is 0 Å². The quantitative estimate of drug-likeness (QED) is 0.381. The summed E-state index contributed by atoms with van der Waals surface area (Å²) in [6.07, 6.45) is 4.35. The van der Waals surface area contributed by atoms with Gasteiger partial charge in [-0.25, -0.2) is 0 Å². The molecule has 0 bridgehead atoms. The lowest BCUT2D eigenvalue weighted by Gasteiger charge is -2.06. The van der Waals surface area contributed by atoms with Crippen LogP contribution in [0.2, 0.25) is 0 Å². The first-order valence-corrected chi connectivity index (χ1v) is 11.3. The fraction of sp³-hybridized carbons (Fsp3) is 0.200. The van der Waals surface area contributed by atoms with E-state index in [1.165, 1.54) is 0 Å². The number of nitrogens with zero attached hydrogens (tertiary/aromatic N) is 1. The lowest BCUT2D eigenvalue weighted by molar-refractivity contribution is -0.122. The monoisotopic (exact) mass is 472 g/mol. The smallest absolute Gasteiger partial charge is 0.259 e. The molecule has 5 heterocycles. The van der Waals surface area contributed by atoms with Crippen molar-refractivity contribution in [3.05, 3.63) is 47.8 Å². The summed E-state index contributed by atoms with van der Waals surface area (Å²) in [7, 11) is 0. The molecule has 0 unspecified atom stereocenters. The van der Waals surface area contributed by atoms with Gasteiger partial charge in [0, 0.05) is 30.1 Å². The van der Waals surface area contributed by atoms with Crippen LogP contribution in [-0.4, -0.2) is 41.5 Å². The Hall–Kier alpha value is -4.44. The van der Waals surface area contributed by atoms with Crippen LogP contribution < -0.4 is 30.0 Å². The number of aromatic nitrogens is 2.